The van der Waals surface area contributed by atoms with Crippen LogP contribution < -0.4 is 5.32 Å². The van der Waals surface area contributed by atoms with E-state index in [1.54, 1.807) is 0 Å². The smallest absolute Gasteiger partial charge is 0.0395 e. The van der Waals surface area contributed by atoms with Gasteiger partial charge in [-0.05, 0) is 55.5 Å². The minimum Gasteiger partial charge on any atom is -0.309 e. The van der Waals surface area contributed by atoms with Crippen LogP contribution in [0.15, 0.2) is 42.5 Å². The summed E-state index contributed by atoms with van der Waals surface area (Å²) in [5, 5.41) is 3.79. The number of hydrogen-bond acceptors (Lipinski definition) is 1. The van der Waals surface area contributed by atoms with Crippen LogP contribution in [0.4, 0.5) is 0 Å². The Morgan fingerprint density at radius 3 is 2.67 bits per heavy atom. The van der Waals surface area contributed by atoms with Gasteiger partial charge in [0.15, 0.2) is 0 Å². The van der Waals surface area contributed by atoms with Crippen molar-refractivity contribution in [3.05, 3.63) is 70.3 Å². The van der Waals surface area contributed by atoms with Crippen molar-refractivity contribution in [1.29, 1.82) is 0 Å². The molecule has 0 aliphatic heterocycles. The van der Waals surface area contributed by atoms with E-state index in [9.17, 15) is 0 Å². The number of fused-ring (bicyclic) bond motifs is 1. The molecule has 2 aromatic carbocycles. The molecule has 0 bridgehead atoms. The summed E-state index contributed by atoms with van der Waals surface area (Å²) in [6, 6.07) is 16.2. The fourth-order valence-corrected chi connectivity index (χ4v) is 3.54. The molecule has 2 atom stereocenters. The molecule has 0 heterocycles. The molecule has 0 amide bonds. The lowest BCUT2D eigenvalue weighted by molar-refractivity contribution is 0.410. The zero-order valence-corrected chi connectivity index (χ0v) is 13.3. The van der Waals surface area contributed by atoms with Gasteiger partial charge in [-0.1, -0.05) is 55.0 Å². The molecule has 2 unspecified atom stereocenters. The van der Waals surface area contributed by atoms with Gasteiger partial charge in [-0.25, -0.2) is 0 Å². The van der Waals surface area contributed by atoms with Gasteiger partial charge >= 0.3 is 0 Å². The molecule has 1 nitrogen and oxygen atoms in total. The van der Waals surface area contributed by atoms with E-state index in [2.05, 4.69) is 68.6 Å². The predicted octanol–water partition coefficient (Wildman–Crippen LogP) is 4.68. The lowest BCUT2D eigenvalue weighted by Gasteiger charge is -2.38. The summed E-state index contributed by atoms with van der Waals surface area (Å²) in [6.45, 7) is 7.73. The topological polar surface area (TPSA) is 12.0 Å². The maximum absolute atomic E-state index is 3.79. The molecule has 0 saturated carbocycles. The van der Waals surface area contributed by atoms with Crippen molar-refractivity contribution in [3.63, 3.8) is 0 Å². The molecule has 3 rings (SSSR count). The average Bonchev–Trinajstić information content (AvgIpc) is 2.44. The fourth-order valence-electron chi connectivity index (χ4n) is 3.54. The van der Waals surface area contributed by atoms with Crippen molar-refractivity contribution in [3.8, 4) is 0 Å². The minimum absolute atomic E-state index is 0.445. The standard InChI is InChI=1S/C20H25N/c1-4-11-21-20(17-10-9-14(2)12-15(17)3)19-13-16-7-5-6-8-18(16)19/h5-10,12,19-21H,4,11,13H2,1-3H3. The highest BCUT2D eigenvalue weighted by Crippen LogP contribution is 2.44. The van der Waals surface area contributed by atoms with Gasteiger partial charge in [0.25, 0.3) is 0 Å². The summed E-state index contributed by atoms with van der Waals surface area (Å²) in [5.41, 5.74) is 7.28. The van der Waals surface area contributed by atoms with E-state index >= 15 is 0 Å². The molecule has 110 valence electrons. The van der Waals surface area contributed by atoms with Crippen LogP contribution in [0.3, 0.4) is 0 Å². The molecule has 0 fully saturated rings. The monoisotopic (exact) mass is 279 g/mol. The largest absolute Gasteiger partial charge is 0.309 e. The second kappa shape index (κ2) is 6.03. The van der Waals surface area contributed by atoms with E-state index < -0.39 is 0 Å². The Bertz CT molecular complexity index is 629. The van der Waals surface area contributed by atoms with Crippen molar-refractivity contribution in [2.75, 3.05) is 6.54 Å². The van der Waals surface area contributed by atoms with Crippen LogP contribution in [-0.2, 0) is 6.42 Å². The first-order valence-corrected chi connectivity index (χ1v) is 8.09. The van der Waals surface area contributed by atoms with Gasteiger partial charge in [0, 0.05) is 12.0 Å². The van der Waals surface area contributed by atoms with Gasteiger partial charge in [0.2, 0.25) is 0 Å². The molecule has 21 heavy (non-hydrogen) atoms. The van der Waals surface area contributed by atoms with Crippen LogP contribution in [0, 0.1) is 13.8 Å². The first-order chi connectivity index (χ1) is 10.2. The molecule has 1 aliphatic rings. The maximum Gasteiger partial charge on any atom is 0.0395 e. The van der Waals surface area contributed by atoms with E-state index in [0.717, 1.165) is 6.54 Å². The lowest BCUT2D eigenvalue weighted by Crippen LogP contribution is -2.34. The molecular formula is C20H25N. The predicted molar refractivity (Wildman–Crippen MR) is 89.8 cm³/mol. The summed E-state index contributed by atoms with van der Waals surface area (Å²) >= 11 is 0. The third kappa shape index (κ3) is 2.75. The minimum atomic E-state index is 0.445. The highest BCUT2D eigenvalue weighted by Gasteiger charge is 2.33. The quantitative estimate of drug-likeness (QED) is 0.837. The SMILES string of the molecule is CCCNC(c1ccc(C)cc1C)C1Cc2ccccc21. The number of hydrogen-bond donors (Lipinski definition) is 1. The van der Waals surface area contributed by atoms with Crippen molar-refractivity contribution in [1.82, 2.24) is 5.32 Å². The Kier molecular flexibility index (Phi) is 4.12. The van der Waals surface area contributed by atoms with Crippen LogP contribution >= 0.6 is 0 Å². The highest BCUT2D eigenvalue weighted by atomic mass is 14.9. The van der Waals surface area contributed by atoms with Crippen LogP contribution in [-0.4, -0.2) is 6.54 Å². The van der Waals surface area contributed by atoms with Crippen LogP contribution in [0.2, 0.25) is 0 Å². The number of nitrogens with one attached hydrogen (secondary N) is 1. The molecular weight excluding hydrogens is 254 g/mol. The van der Waals surface area contributed by atoms with Gasteiger partial charge in [-0.2, -0.15) is 0 Å². The normalized spacial score (nSPS) is 18.0. The average molecular weight is 279 g/mol. The molecule has 1 N–H and O–H groups in total. The molecule has 0 radical (unpaired) electrons. The summed E-state index contributed by atoms with van der Waals surface area (Å²) < 4.78 is 0. The zero-order chi connectivity index (χ0) is 14.8. The second-order valence-corrected chi connectivity index (χ2v) is 6.30. The molecule has 0 aromatic heterocycles. The number of aryl methyl sites for hydroxylation is 2. The Hall–Kier alpha value is -1.60. The Labute approximate surface area is 128 Å². The fraction of sp³-hybridized carbons (Fsp3) is 0.400. The van der Waals surface area contributed by atoms with Crippen molar-refractivity contribution in [2.24, 2.45) is 0 Å². The second-order valence-electron chi connectivity index (χ2n) is 6.30. The molecule has 2 aromatic rings. The van der Waals surface area contributed by atoms with E-state index in [1.807, 2.05) is 0 Å². The summed E-state index contributed by atoms with van der Waals surface area (Å²) in [7, 11) is 0. The number of rotatable bonds is 5. The van der Waals surface area contributed by atoms with E-state index in [0.29, 0.717) is 12.0 Å². The molecule has 0 spiro atoms. The van der Waals surface area contributed by atoms with Crippen molar-refractivity contribution >= 4 is 0 Å². The van der Waals surface area contributed by atoms with E-state index in [-0.39, 0.29) is 0 Å². The molecule has 1 aliphatic carbocycles. The van der Waals surface area contributed by atoms with Gasteiger partial charge in [0.05, 0.1) is 0 Å². The first kappa shape index (κ1) is 14.3. The first-order valence-electron chi connectivity index (χ1n) is 8.09. The third-order valence-electron chi connectivity index (χ3n) is 4.67. The van der Waals surface area contributed by atoms with Crippen molar-refractivity contribution in [2.45, 2.75) is 45.6 Å². The van der Waals surface area contributed by atoms with Gasteiger partial charge in [-0.3, -0.25) is 0 Å². The molecule has 1 heteroatoms. The third-order valence-corrected chi connectivity index (χ3v) is 4.67. The zero-order valence-electron chi connectivity index (χ0n) is 13.3. The summed E-state index contributed by atoms with van der Waals surface area (Å²) in [6.07, 6.45) is 2.38. The van der Waals surface area contributed by atoms with E-state index in [1.165, 1.54) is 40.7 Å². The van der Waals surface area contributed by atoms with Crippen LogP contribution in [0.1, 0.15) is 53.1 Å². The lowest BCUT2D eigenvalue weighted by atomic mass is 9.71. The number of benzene rings is 2. The summed E-state index contributed by atoms with van der Waals surface area (Å²) in [4.78, 5) is 0. The van der Waals surface area contributed by atoms with Gasteiger partial charge < -0.3 is 5.32 Å². The Morgan fingerprint density at radius 1 is 1.14 bits per heavy atom. The van der Waals surface area contributed by atoms with Gasteiger partial charge in [-0.15, -0.1) is 0 Å². The molecule has 0 saturated heterocycles. The van der Waals surface area contributed by atoms with Crippen molar-refractivity contribution < 1.29 is 0 Å². The highest BCUT2D eigenvalue weighted by molar-refractivity contribution is 5.44. The summed E-state index contributed by atoms with van der Waals surface area (Å²) in [5.74, 6) is 0.620. The maximum atomic E-state index is 3.79. The Morgan fingerprint density at radius 2 is 1.95 bits per heavy atom. The van der Waals surface area contributed by atoms with E-state index in [4.69, 9.17) is 0 Å². The van der Waals surface area contributed by atoms with Crippen LogP contribution in [0.5, 0.6) is 0 Å². The Balaban J connectivity index is 1.92. The van der Waals surface area contributed by atoms with Gasteiger partial charge in [0.1, 0.15) is 0 Å². The van der Waals surface area contributed by atoms with Crippen LogP contribution in [0.25, 0.3) is 0 Å².